The number of rotatable bonds is 11. The molecule has 0 radical (unpaired) electrons. The molecule has 0 bridgehead atoms. The lowest BCUT2D eigenvalue weighted by atomic mass is 10.1. The van der Waals surface area contributed by atoms with E-state index in [2.05, 4.69) is 6.92 Å². The SMILES string of the molecule is CCCCCCCCC/C=C/CC(C)(O)N1C(=O)CCC1=O. The molecule has 1 unspecified atom stereocenters. The zero-order valence-corrected chi connectivity index (χ0v) is 14.1. The molecule has 1 heterocycles. The van der Waals surface area contributed by atoms with Crippen LogP contribution in [0.15, 0.2) is 12.2 Å². The maximum atomic E-state index is 11.6. The van der Waals surface area contributed by atoms with Crippen LogP contribution in [0, 0.1) is 0 Å². The van der Waals surface area contributed by atoms with Crippen LogP contribution in [0.3, 0.4) is 0 Å². The summed E-state index contributed by atoms with van der Waals surface area (Å²) < 4.78 is 0. The fraction of sp³-hybridized carbons (Fsp3) is 0.778. The molecule has 4 nitrogen and oxygen atoms in total. The van der Waals surface area contributed by atoms with Crippen LogP contribution < -0.4 is 0 Å². The summed E-state index contributed by atoms with van der Waals surface area (Å²) in [5.74, 6) is -0.536. The minimum absolute atomic E-state index is 0.219. The molecule has 1 aliphatic rings. The Labute approximate surface area is 134 Å². The van der Waals surface area contributed by atoms with Crippen LogP contribution in [0.1, 0.15) is 84.5 Å². The van der Waals surface area contributed by atoms with Crippen molar-refractivity contribution in [2.24, 2.45) is 0 Å². The average molecular weight is 309 g/mol. The molecule has 1 aliphatic heterocycles. The predicted molar refractivity (Wildman–Crippen MR) is 88.1 cm³/mol. The Hall–Kier alpha value is -1.16. The molecule has 1 atom stereocenters. The Balaban J connectivity index is 2.16. The van der Waals surface area contributed by atoms with E-state index in [0.29, 0.717) is 6.42 Å². The largest absolute Gasteiger partial charge is 0.370 e. The number of carbonyl (C=O) groups is 2. The smallest absolute Gasteiger partial charge is 0.232 e. The van der Waals surface area contributed by atoms with Gasteiger partial charge >= 0.3 is 0 Å². The molecule has 0 spiro atoms. The van der Waals surface area contributed by atoms with Gasteiger partial charge in [0.05, 0.1) is 0 Å². The standard InChI is InChI=1S/C18H31NO3/c1-3-4-5-6-7-8-9-10-11-12-15-18(2,22)19-16(20)13-14-17(19)21/h11-12,22H,3-10,13-15H2,1-2H3/b12-11+. The summed E-state index contributed by atoms with van der Waals surface area (Å²) >= 11 is 0. The lowest BCUT2D eigenvalue weighted by Gasteiger charge is -2.31. The van der Waals surface area contributed by atoms with E-state index in [1.54, 1.807) is 0 Å². The van der Waals surface area contributed by atoms with Crippen LogP contribution >= 0.6 is 0 Å². The Morgan fingerprint density at radius 1 is 1.00 bits per heavy atom. The molecule has 126 valence electrons. The highest BCUT2D eigenvalue weighted by atomic mass is 16.3. The van der Waals surface area contributed by atoms with Gasteiger partial charge < -0.3 is 5.11 Å². The van der Waals surface area contributed by atoms with Gasteiger partial charge in [-0.25, -0.2) is 0 Å². The summed E-state index contributed by atoms with van der Waals surface area (Å²) in [6, 6.07) is 0. The topological polar surface area (TPSA) is 57.6 Å². The number of nitrogens with zero attached hydrogens (tertiary/aromatic N) is 1. The third kappa shape index (κ3) is 6.30. The molecule has 1 rings (SSSR count). The summed E-state index contributed by atoms with van der Waals surface area (Å²) in [5, 5.41) is 10.3. The molecule has 0 saturated carbocycles. The second kappa shape index (κ2) is 9.78. The van der Waals surface area contributed by atoms with E-state index in [0.717, 1.165) is 17.7 Å². The van der Waals surface area contributed by atoms with Gasteiger partial charge in [-0.1, -0.05) is 57.6 Å². The highest BCUT2D eigenvalue weighted by Crippen LogP contribution is 2.24. The van der Waals surface area contributed by atoms with Gasteiger partial charge in [0.25, 0.3) is 0 Å². The third-order valence-corrected chi connectivity index (χ3v) is 4.18. The van der Waals surface area contributed by atoms with Crippen molar-refractivity contribution < 1.29 is 14.7 Å². The maximum absolute atomic E-state index is 11.6. The van der Waals surface area contributed by atoms with Crippen LogP contribution in [0.4, 0.5) is 0 Å². The molecule has 0 aliphatic carbocycles. The van der Waals surface area contributed by atoms with Crippen LogP contribution in [0.2, 0.25) is 0 Å². The normalized spacial score (nSPS) is 18.4. The summed E-state index contributed by atoms with van der Waals surface area (Å²) in [5.41, 5.74) is -1.39. The third-order valence-electron chi connectivity index (χ3n) is 4.18. The number of carbonyl (C=O) groups excluding carboxylic acids is 2. The highest BCUT2D eigenvalue weighted by molar-refractivity contribution is 6.02. The number of allylic oxidation sites excluding steroid dienone is 1. The molecule has 1 saturated heterocycles. The fourth-order valence-corrected chi connectivity index (χ4v) is 2.85. The fourth-order valence-electron chi connectivity index (χ4n) is 2.85. The van der Waals surface area contributed by atoms with E-state index in [1.807, 2.05) is 12.2 Å². The van der Waals surface area contributed by atoms with Gasteiger partial charge in [0.1, 0.15) is 5.72 Å². The lowest BCUT2D eigenvalue weighted by molar-refractivity contribution is -0.162. The summed E-state index contributed by atoms with van der Waals surface area (Å²) in [6.07, 6.45) is 14.6. The lowest BCUT2D eigenvalue weighted by Crippen LogP contribution is -2.49. The van der Waals surface area contributed by atoms with Crippen molar-refractivity contribution in [2.75, 3.05) is 0 Å². The zero-order valence-electron chi connectivity index (χ0n) is 14.1. The number of hydrogen-bond donors (Lipinski definition) is 1. The van der Waals surface area contributed by atoms with Crippen molar-refractivity contribution >= 4 is 11.8 Å². The van der Waals surface area contributed by atoms with Crippen molar-refractivity contribution in [3.05, 3.63) is 12.2 Å². The monoisotopic (exact) mass is 309 g/mol. The van der Waals surface area contributed by atoms with E-state index in [1.165, 1.54) is 45.4 Å². The number of aliphatic hydroxyl groups is 1. The quantitative estimate of drug-likeness (QED) is 0.357. The Bertz CT molecular complexity index is 372. The maximum Gasteiger partial charge on any atom is 0.232 e. The van der Waals surface area contributed by atoms with E-state index >= 15 is 0 Å². The van der Waals surface area contributed by atoms with Gasteiger partial charge in [-0.15, -0.1) is 0 Å². The van der Waals surface area contributed by atoms with Gasteiger partial charge in [-0.2, -0.15) is 0 Å². The van der Waals surface area contributed by atoms with Crippen molar-refractivity contribution in [1.29, 1.82) is 0 Å². The van der Waals surface area contributed by atoms with Gasteiger partial charge in [0.2, 0.25) is 11.8 Å². The van der Waals surface area contributed by atoms with Crippen LogP contribution in [-0.2, 0) is 9.59 Å². The van der Waals surface area contributed by atoms with Gasteiger partial charge in [0.15, 0.2) is 0 Å². The molecule has 1 fully saturated rings. The molecule has 4 heteroatoms. The number of amides is 2. The molecule has 0 aromatic heterocycles. The first-order valence-corrected chi connectivity index (χ1v) is 8.72. The minimum atomic E-state index is -1.39. The Kier molecular flexibility index (Phi) is 8.39. The minimum Gasteiger partial charge on any atom is -0.370 e. The van der Waals surface area contributed by atoms with Crippen molar-refractivity contribution in [2.45, 2.75) is 90.2 Å². The van der Waals surface area contributed by atoms with Crippen LogP contribution in [0.25, 0.3) is 0 Å². The summed E-state index contributed by atoms with van der Waals surface area (Å²) in [4.78, 5) is 24.3. The molecule has 1 N–H and O–H groups in total. The van der Waals surface area contributed by atoms with E-state index in [-0.39, 0.29) is 24.7 Å². The van der Waals surface area contributed by atoms with Gasteiger partial charge in [0, 0.05) is 19.3 Å². The van der Waals surface area contributed by atoms with Crippen molar-refractivity contribution in [3.8, 4) is 0 Å². The number of likely N-dealkylation sites (tertiary alicyclic amines) is 1. The van der Waals surface area contributed by atoms with Crippen molar-refractivity contribution in [3.63, 3.8) is 0 Å². The first-order valence-electron chi connectivity index (χ1n) is 8.72. The van der Waals surface area contributed by atoms with E-state index in [4.69, 9.17) is 0 Å². The molecular formula is C18H31NO3. The number of imide groups is 1. The second-order valence-electron chi connectivity index (χ2n) is 6.43. The van der Waals surface area contributed by atoms with Gasteiger partial charge in [-0.05, 0) is 19.8 Å². The molecule has 22 heavy (non-hydrogen) atoms. The van der Waals surface area contributed by atoms with Crippen LogP contribution in [-0.4, -0.2) is 27.5 Å². The Morgan fingerprint density at radius 3 is 2.14 bits per heavy atom. The van der Waals surface area contributed by atoms with Crippen molar-refractivity contribution in [1.82, 2.24) is 4.90 Å². The summed E-state index contributed by atoms with van der Waals surface area (Å²) in [6.45, 7) is 3.76. The average Bonchev–Trinajstić information content (AvgIpc) is 2.81. The summed E-state index contributed by atoms with van der Waals surface area (Å²) in [7, 11) is 0. The second-order valence-corrected chi connectivity index (χ2v) is 6.43. The van der Waals surface area contributed by atoms with Crippen LogP contribution in [0.5, 0.6) is 0 Å². The Morgan fingerprint density at radius 2 is 1.55 bits per heavy atom. The van der Waals surface area contributed by atoms with E-state index < -0.39 is 5.72 Å². The van der Waals surface area contributed by atoms with Gasteiger partial charge in [-0.3, -0.25) is 14.5 Å². The molecule has 0 aromatic rings. The zero-order chi connectivity index (χ0) is 16.4. The molecule has 0 aromatic carbocycles. The molecule has 2 amide bonds. The molecular weight excluding hydrogens is 278 g/mol. The predicted octanol–water partition coefficient (Wildman–Crippen LogP) is 3.93. The first-order chi connectivity index (χ1) is 10.5. The number of hydrogen-bond acceptors (Lipinski definition) is 3. The first kappa shape index (κ1) is 18.9. The number of unbranched alkanes of at least 4 members (excludes halogenated alkanes) is 7. The highest BCUT2D eigenvalue weighted by Gasteiger charge is 2.40. The van der Waals surface area contributed by atoms with E-state index in [9.17, 15) is 14.7 Å².